The molecular weight excluding hydrogens is 350 g/mol. The molecule has 1 aliphatic rings. The average Bonchev–Trinajstić information content (AvgIpc) is 2.69. The molecule has 1 amide bonds. The number of benzene rings is 2. The zero-order valence-corrected chi connectivity index (χ0v) is 15.3. The van der Waals surface area contributed by atoms with Gasteiger partial charge in [-0.3, -0.25) is 9.69 Å². The van der Waals surface area contributed by atoms with E-state index in [1.165, 1.54) is 0 Å². The number of rotatable bonds is 4. The quantitative estimate of drug-likeness (QED) is 0.829. The first-order valence-corrected chi connectivity index (χ1v) is 8.83. The second-order valence-electron chi connectivity index (χ2n) is 6.12. The molecule has 134 valence electrons. The first kappa shape index (κ1) is 18.2. The molecule has 3 rings (SSSR count). The summed E-state index contributed by atoms with van der Waals surface area (Å²) in [6, 6.07) is 16.6. The molecule has 6 heteroatoms. The van der Waals surface area contributed by atoms with Crippen molar-refractivity contribution < 1.29 is 9.53 Å². The predicted molar refractivity (Wildman–Crippen MR) is 100 cm³/mol. The van der Waals surface area contributed by atoms with E-state index in [4.69, 9.17) is 16.3 Å². The van der Waals surface area contributed by atoms with Gasteiger partial charge in [-0.2, -0.15) is 5.26 Å². The summed E-state index contributed by atoms with van der Waals surface area (Å²) in [6.45, 7) is 2.38. The maximum absolute atomic E-state index is 12.7. The molecule has 0 N–H and O–H groups in total. The molecule has 1 saturated heterocycles. The van der Waals surface area contributed by atoms with Crippen molar-refractivity contribution in [3.8, 4) is 11.8 Å². The van der Waals surface area contributed by atoms with E-state index in [9.17, 15) is 10.1 Å². The Morgan fingerprint density at radius 2 is 1.88 bits per heavy atom. The molecule has 1 unspecified atom stereocenters. The first-order chi connectivity index (χ1) is 12.6. The minimum absolute atomic E-state index is 0.0647. The Labute approximate surface area is 158 Å². The summed E-state index contributed by atoms with van der Waals surface area (Å²) in [7, 11) is 1.61. The summed E-state index contributed by atoms with van der Waals surface area (Å²) < 4.78 is 5.25. The lowest BCUT2D eigenvalue weighted by molar-refractivity contribution is 0.0606. The van der Waals surface area contributed by atoms with Gasteiger partial charge in [0.2, 0.25) is 0 Å². The number of methoxy groups -OCH3 is 1. The molecule has 0 bridgehead atoms. The zero-order valence-electron chi connectivity index (χ0n) is 14.6. The van der Waals surface area contributed by atoms with Gasteiger partial charge in [0.05, 0.1) is 23.8 Å². The van der Waals surface area contributed by atoms with Crippen LogP contribution in [0.3, 0.4) is 0 Å². The van der Waals surface area contributed by atoms with Gasteiger partial charge in [0.25, 0.3) is 5.91 Å². The predicted octanol–water partition coefficient (Wildman–Crippen LogP) is 3.37. The van der Waals surface area contributed by atoms with Crippen molar-refractivity contribution >= 4 is 17.5 Å². The third-order valence-corrected chi connectivity index (χ3v) is 4.93. The highest BCUT2D eigenvalue weighted by molar-refractivity contribution is 6.33. The van der Waals surface area contributed by atoms with E-state index in [2.05, 4.69) is 11.0 Å². The number of halogens is 1. The highest BCUT2D eigenvalue weighted by atomic mass is 35.5. The van der Waals surface area contributed by atoms with Crippen molar-refractivity contribution in [2.75, 3.05) is 33.3 Å². The van der Waals surface area contributed by atoms with Crippen LogP contribution in [0.2, 0.25) is 5.02 Å². The van der Waals surface area contributed by atoms with Gasteiger partial charge in [0.1, 0.15) is 11.8 Å². The molecule has 5 nitrogen and oxygen atoms in total. The van der Waals surface area contributed by atoms with E-state index in [1.54, 1.807) is 24.1 Å². The van der Waals surface area contributed by atoms with Crippen LogP contribution in [0.15, 0.2) is 48.5 Å². The largest absolute Gasteiger partial charge is 0.497 e. The minimum Gasteiger partial charge on any atom is -0.497 e. The van der Waals surface area contributed by atoms with Gasteiger partial charge in [0, 0.05) is 26.2 Å². The normalized spacial score (nSPS) is 16.0. The lowest BCUT2D eigenvalue weighted by Crippen LogP contribution is -2.49. The molecule has 26 heavy (non-hydrogen) atoms. The monoisotopic (exact) mass is 369 g/mol. The number of nitriles is 1. The van der Waals surface area contributed by atoms with E-state index in [0.29, 0.717) is 36.8 Å². The summed E-state index contributed by atoms with van der Waals surface area (Å²) in [4.78, 5) is 16.5. The number of piperazine rings is 1. The molecule has 0 aliphatic carbocycles. The van der Waals surface area contributed by atoms with Crippen molar-refractivity contribution in [2.24, 2.45) is 0 Å². The second kappa shape index (κ2) is 8.22. The Kier molecular flexibility index (Phi) is 5.77. The molecule has 0 spiro atoms. The van der Waals surface area contributed by atoms with Gasteiger partial charge in [-0.05, 0) is 29.8 Å². The fourth-order valence-corrected chi connectivity index (χ4v) is 3.38. The molecule has 2 aromatic rings. The van der Waals surface area contributed by atoms with Crippen molar-refractivity contribution in [1.29, 1.82) is 5.26 Å². The highest BCUT2D eigenvalue weighted by Gasteiger charge is 2.28. The Balaban J connectivity index is 1.68. The second-order valence-corrected chi connectivity index (χ2v) is 6.52. The number of amides is 1. The van der Waals surface area contributed by atoms with Crippen LogP contribution in [0.5, 0.6) is 5.75 Å². The zero-order chi connectivity index (χ0) is 18.5. The maximum Gasteiger partial charge on any atom is 0.255 e. The lowest BCUT2D eigenvalue weighted by atomic mass is 10.0. The van der Waals surface area contributed by atoms with Crippen molar-refractivity contribution in [1.82, 2.24) is 9.80 Å². The lowest BCUT2D eigenvalue weighted by Gasteiger charge is -2.37. The summed E-state index contributed by atoms with van der Waals surface area (Å²) in [5.41, 5.74) is 1.42. The van der Waals surface area contributed by atoms with Crippen LogP contribution in [0.4, 0.5) is 0 Å². The van der Waals surface area contributed by atoms with Crippen LogP contribution in [0.25, 0.3) is 0 Å². The number of carbonyl (C=O) groups excluding carboxylic acids is 1. The Hall–Kier alpha value is -2.55. The van der Waals surface area contributed by atoms with Gasteiger partial charge in [-0.15, -0.1) is 0 Å². The summed E-state index contributed by atoms with van der Waals surface area (Å²) in [5, 5.41) is 10.1. The smallest absolute Gasteiger partial charge is 0.255 e. The van der Waals surface area contributed by atoms with E-state index in [0.717, 1.165) is 11.3 Å². The van der Waals surface area contributed by atoms with Gasteiger partial charge in [0.15, 0.2) is 0 Å². The fourth-order valence-electron chi connectivity index (χ4n) is 3.17. The SMILES string of the molecule is COc1cccc(C(C#N)N2CCN(C(=O)c3ccccc3Cl)CC2)c1. The summed E-state index contributed by atoms with van der Waals surface area (Å²) >= 11 is 6.14. The van der Waals surface area contributed by atoms with Crippen LogP contribution < -0.4 is 4.74 Å². The van der Waals surface area contributed by atoms with Crippen molar-refractivity contribution in [3.63, 3.8) is 0 Å². The standard InChI is InChI=1S/C20H20ClN3O2/c1-26-16-6-4-5-15(13-16)19(14-22)23-9-11-24(12-10-23)20(25)17-7-2-3-8-18(17)21/h2-8,13,19H,9-12H2,1H3. The van der Waals surface area contributed by atoms with E-state index in [1.807, 2.05) is 36.4 Å². The Bertz CT molecular complexity index is 826. The van der Waals surface area contributed by atoms with Crippen LogP contribution in [0.1, 0.15) is 22.0 Å². The molecule has 0 saturated carbocycles. The average molecular weight is 370 g/mol. The van der Waals surface area contributed by atoms with Crippen LogP contribution in [-0.2, 0) is 0 Å². The van der Waals surface area contributed by atoms with E-state index in [-0.39, 0.29) is 11.9 Å². The molecule has 1 atom stereocenters. The number of hydrogen-bond acceptors (Lipinski definition) is 4. The topological polar surface area (TPSA) is 56.6 Å². The molecule has 2 aromatic carbocycles. The van der Waals surface area contributed by atoms with Crippen LogP contribution >= 0.6 is 11.6 Å². The molecule has 1 heterocycles. The molecule has 1 fully saturated rings. The molecule has 1 aliphatic heterocycles. The molecule has 0 aromatic heterocycles. The van der Waals surface area contributed by atoms with Crippen molar-refractivity contribution in [2.45, 2.75) is 6.04 Å². The third-order valence-electron chi connectivity index (χ3n) is 4.60. The number of nitrogens with zero attached hydrogens (tertiary/aromatic N) is 3. The summed E-state index contributed by atoms with van der Waals surface area (Å²) in [5.74, 6) is 0.667. The molecular formula is C20H20ClN3O2. The maximum atomic E-state index is 12.7. The van der Waals surface area contributed by atoms with Crippen LogP contribution in [-0.4, -0.2) is 49.0 Å². The van der Waals surface area contributed by atoms with Crippen LogP contribution in [0, 0.1) is 11.3 Å². The number of ether oxygens (including phenoxy) is 1. The summed E-state index contributed by atoms with van der Waals surface area (Å²) in [6.07, 6.45) is 0. The first-order valence-electron chi connectivity index (χ1n) is 8.45. The fraction of sp³-hybridized carbons (Fsp3) is 0.300. The Morgan fingerprint density at radius 3 is 2.54 bits per heavy atom. The van der Waals surface area contributed by atoms with Gasteiger partial charge < -0.3 is 9.64 Å². The van der Waals surface area contributed by atoms with E-state index >= 15 is 0 Å². The number of hydrogen-bond donors (Lipinski definition) is 0. The van der Waals surface area contributed by atoms with E-state index < -0.39 is 0 Å². The van der Waals surface area contributed by atoms with Gasteiger partial charge in [-0.1, -0.05) is 35.9 Å². The molecule has 0 radical (unpaired) electrons. The van der Waals surface area contributed by atoms with Crippen molar-refractivity contribution in [3.05, 3.63) is 64.7 Å². The highest BCUT2D eigenvalue weighted by Crippen LogP contribution is 2.25. The minimum atomic E-state index is -0.359. The third kappa shape index (κ3) is 3.82. The van der Waals surface area contributed by atoms with Gasteiger partial charge >= 0.3 is 0 Å². The van der Waals surface area contributed by atoms with Gasteiger partial charge in [-0.25, -0.2) is 0 Å². The number of carbonyl (C=O) groups is 1. The Morgan fingerprint density at radius 1 is 1.15 bits per heavy atom.